The number of nitrogens with zero attached hydrogens (tertiary/aromatic N) is 1. The molecule has 0 radical (unpaired) electrons. The molecule has 0 unspecified atom stereocenters. The summed E-state index contributed by atoms with van der Waals surface area (Å²) in [6.07, 6.45) is 1.59. The predicted molar refractivity (Wildman–Crippen MR) is 95.6 cm³/mol. The van der Waals surface area contributed by atoms with E-state index in [1.807, 2.05) is 0 Å². The van der Waals surface area contributed by atoms with E-state index in [2.05, 4.69) is 0 Å². The third-order valence-electron chi connectivity index (χ3n) is 2.84. The molecule has 2 amide bonds. The molecule has 0 rings (SSSR count). The highest BCUT2D eigenvalue weighted by Crippen LogP contribution is 2.20. The summed E-state index contributed by atoms with van der Waals surface area (Å²) in [4.78, 5) is 38.0. The Labute approximate surface area is 155 Å². The Kier molecular flexibility index (Phi) is 9.34. The van der Waals surface area contributed by atoms with Gasteiger partial charge in [0, 0.05) is 0 Å². The molecule has 1 atom stereocenters. The van der Waals surface area contributed by atoms with E-state index in [-0.39, 0.29) is 13.0 Å². The van der Waals surface area contributed by atoms with Gasteiger partial charge in [-0.15, -0.1) is 0 Å². The average molecular weight is 373 g/mol. The summed E-state index contributed by atoms with van der Waals surface area (Å²) in [7, 11) is 1.17. The highest BCUT2D eigenvalue weighted by atomic mass is 16.6. The Hall–Kier alpha value is -2.09. The van der Waals surface area contributed by atoms with Crippen LogP contribution in [-0.2, 0) is 19.0 Å². The number of methoxy groups -OCH3 is 1. The molecule has 0 spiro atoms. The van der Waals surface area contributed by atoms with Gasteiger partial charge in [0.15, 0.2) is 0 Å². The first-order chi connectivity index (χ1) is 11.8. The lowest BCUT2D eigenvalue weighted by Gasteiger charge is -2.32. The molecule has 0 aromatic heterocycles. The van der Waals surface area contributed by atoms with E-state index in [9.17, 15) is 14.4 Å². The lowest BCUT2D eigenvalue weighted by atomic mass is 10.1. The van der Waals surface area contributed by atoms with Gasteiger partial charge >= 0.3 is 18.2 Å². The van der Waals surface area contributed by atoms with Gasteiger partial charge in [0.05, 0.1) is 13.7 Å². The van der Waals surface area contributed by atoms with Crippen molar-refractivity contribution in [1.29, 1.82) is 0 Å². The molecule has 0 saturated carbocycles. The summed E-state index contributed by atoms with van der Waals surface area (Å²) in [6, 6.07) is -1.21. The molecule has 0 saturated heterocycles. The van der Waals surface area contributed by atoms with Gasteiger partial charge in [-0.3, -0.25) is 0 Å². The molecule has 0 aliphatic heterocycles. The zero-order valence-electron chi connectivity index (χ0n) is 16.7. The zero-order chi connectivity index (χ0) is 20.5. The fourth-order valence-electron chi connectivity index (χ4n) is 1.89. The molecule has 0 aromatic rings. The second-order valence-corrected chi connectivity index (χ2v) is 7.60. The fourth-order valence-corrected chi connectivity index (χ4v) is 1.89. The Balaban J connectivity index is 5.69. The maximum atomic E-state index is 12.6. The first kappa shape index (κ1) is 23.9. The van der Waals surface area contributed by atoms with Gasteiger partial charge in [-0.1, -0.05) is 12.2 Å². The van der Waals surface area contributed by atoms with Gasteiger partial charge in [-0.2, -0.15) is 4.90 Å². The summed E-state index contributed by atoms with van der Waals surface area (Å²) in [5.41, 5.74) is -1.73. The number of hydrogen-bond donors (Lipinski definition) is 1. The number of carbonyl (C=O) groups is 3. The van der Waals surface area contributed by atoms with Crippen molar-refractivity contribution in [2.24, 2.45) is 0 Å². The topological polar surface area (TPSA) is 102 Å². The van der Waals surface area contributed by atoms with Gasteiger partial charge in [-0.25, -0.2) is 14.4 Å². The standard InChI is InChI=1S/C18H31NO7/c1-17(2,3)25-15(22)19(16(23)26-18(4,5)6)13(14(21)24-7)11-9-8-10-12-20/h8,10,13,20H,9,11-12H2,1-7H3/b10-8+/t13-/m0/s1. The van der Waals surface area contributed by atoms with Crippen LogP contribution in [0, 0.1) is 0 Å². The SMILES string of the molecule is COC(=O)[C@H](CC/C=C/CO)N(C(=O)OC(C)(C)C)C(=O)OC(C)(C)C. The minimum Gasteiger partial charge on any atom is -0.467 e. The number of esters is 1. The maximum absolute atomic E-state index is 12.6. The Bertz CT molecular complexity index is 487. The van der Waals surface area contributed by atoms with Crippen LogP contribution in [0.5, 0.6) is 0 Å². The van der Waals surface area contributed by atoms with Crippen molar-refractivity contribution in [3.05, 3.63) is 12.2 Å². The minimum absolute atomic E-state index is 0.0989. The number of allylic oxidation sites excluding steroid dienone is 1. The predicted octanol–water partition coefficient (Wildman–Crippen LogP) is 3.03. The van der Waals surface area contributed by atoms with E-state index in [0.29, 0.717) is 11.3 Å². The summed E-state index contributed by atoms with van der Waals surface area (Å²) < 4.78 is 15.3. The van der Waals surface area contributed by atoms with Gasteiger partial charge < -0.3 is 19.3 Å². The van der Waals surface area contributed by atoms with Crippen LogP contribution >= 0.6 is 0 Å². The van der Waals surface area contributed by atoms with Crippen molar-refractivity contribution >= 4 is 18.2 Å². The molecule has 1 N–H and O–H groups in total. The minimum atomic E-state index is -1.21. The van der Waals surface area contributed by atoms with E-state index < -0.39 is 35.4 Å². The van der Waals surface area contributed by atoms with Crippen molar-refractivity contribution in [3.8, 4) is 0 Å². The van der Waals surface area contributed by atoms with Crippen LogP contribution in [0.4, 0.5) is 9.59 Å². The summed E-state index contributed by atoms with van der Waals surface area (Å²) in [6.45, 7) is 9.74. The van der Waals surface area contributed by atoms with Crippen LogP contribution in [0.25, 0.3) is 0 Å². The normalized spacial score (nSPS) is 13.2. The van der Waals surface area contributed by atoms with Crippen molar-refractivity contribution in [1.82, 2.24) is 4.90 Å². The Morgan fingerprint density at radius 2 is 1.42 bits per heavy atom. The number of amides is 2. The maximum Gasteiger partial charge on any atom is 0.420 e. The Morgan fingerprint density at radius 1 is 0.962 bits per heavy atom. The quantitative estimate of drug-likeness (QED) is 0.434. The van der Waals surface area contributed by atoms with E-state index in [0.717, 1.165) is 0 Å². The number of aliphatic hydroxyl groups excluding tert-OH is 1. The highest BCUT2D eigenvalue weighted by Gasteiger charge is 2.40. The summed E-state index contributed by atoms with van der Waals surface area (Å²) >= 11 is 0. The van der Waals surface area contributed by atoms with Crippen LogP contribution in [0.1, 0.15) is 54.4 Å². The molecule has 0 fully saturated rings. The van der Waals surface area contributed by atoms with E-state index in [1.54, 1.807) is 47.6 Å². The third-order valence-corrected chi connectivity index (χ3v) is 2.84. The Morgan fingerprint density at radius 3 is 1.77 bits per heavy atom. The first-order valence-corrected chi connectivity index (χ1v) is 8.41. The zero-order valence-corrected chi connectivity index (χ0v) is 16.7. The van der Waals surface area contributed by atoms with Gasteiger partial charge in [-0.05, 0) is 54.4 Å². The van der Waals surface area contributed by atoms with Crippen molar-refractivity contribution in [2.45, 2.75) is 71.6 Å². The first-order valence-electron chi connectivity index (χ1n) is 8.41. The number of hydrogen-bond acceptors (Lipinski definition) is 7. The molecular weight excluding hydrogens is 342 g/mol. The van der Waals surface area contributed by atoms with E-state index in [1.165, 1.54) is 13.2 Å². The lowest BCUT2D eigenvalue weighted by molar-refractivity contribution is -0.146. The van der Waals surface area contributed by atoms with Crippen molar-refractivity contribution < 1.29 is 33.7 Å². The molecule has 150 valence electrons. The molecule has 8 nitrogen and oxygen atoms in total. The van der Waals surface area contributed by atoms with Gasteiger partial charge in [0.25, 0.3) is 0 Å². The second kappa shape index (κ2) is 10.2. The molecule has 0 aliphatic carbocycles. The average Bonchev–Trinajstić information content (AvgIpc) is 2.45. The third kappa shape index (κ3) is 9.41. The molecule has 0 aliphatic rings. The number of ether oxygens (including phenoxy) is 3. The monoisotopic (exact) mass is 373 g/mol. The van der Waals surface area contributed by atoms with Crippen LogP contribution in [0.3, 0.4) is 0 Å². The van der Waals surface area contributed by atoms with E-state index >= 15 is 0 Å². The number of carbonyl (C=O) groups excluding carboxylic acids is 3. The van der Waals surface area contributed by atoms with E-state index in [4.69, 9.17) is 19.3 Å². The fraction of sp³-hybridized carbons (Fsp3) is 0.722. The molecule has 0 heterocycles. The number of rotatable bonds is 6. The molecule has 0 aromatic carbocycles. The molecule has 8 heteroatoms. The van der Waals surface area contributed by atoms with Crippen LogP contribution < -0.4 is 0 Å². The van der Waals surface area contributed by atoms with Gasteiger partial charge in [0.2, 0.25) is 0 Å². The molecule has 26 heavy (non-hydrogen) atoms. The summed E-state index contributed by atoms with van der Waals surface area (Å²) in [5.74, 6) is -0.765. The van der Waals surface area contributed by atoms with Gasteiger partial charge in [0.1, 0.15) is 17.2 Å². The largest absolute Gasteiger partial charge is 0.467 e. The number of imide groups is 1. The molecular formula is C18H31NO7. The summed E-state index contributed by atoms with van der Waals surface area (Å²) in [5, 5.41) is 8.79. The molecule has 0 bridgehead atoms. The van der Waals surface area contributed by atoms with Crippen molar-refractivity contribution in [3.63, 3.8) is 0 Å². The van der Waals surface area contributed by atoms with Crippen LogP contribution in [-0.4, -0.2) is 59.1 Å². The number of aliphatic hydroxyl groups is 1. The smallest absolute Gasteiger partial charge is 0.420 e. The lowest BCUT2D eigenvalue weighted by Crippen LogP contribution is -2.52. The van der Waals surface area contributed by atoms with Crippen LogP contribution in [0.2, 0.25) is 0 Å². The second-order valence-electron chi connectivity index (χ2n) is 7.60. The highest BCUT2D eigenvalue weighted by molar-refractivity contribution is 5.94. The van der Waals surface area contributed by atoms with Crippen molar-refractivity contribution in [2.75, 3.05) is 13.7 Å². The van der Waals surface area contributed by atoms with Crippen LogP contribution in [0.15, 0.2) is 12.2 Å².